The molecule has 1 aliphatic heterocycles. The third kappa shape index (κ3) is 6.05. The Kier molecular flexibility index (Phi) is 7.38. The maximum absolute atomic E-state index is 13.2. The largest absolute Gasteiger partial charge is 0.416 e. The van der Waals surface area contributed by atoms with Crippen molar-refractivity contribution in [3.8, 4) is 0 Å². The van der Waals surface area contributed by atoms with Gasteiger partial charge in [0, 0.05) is 6.54 Å². The van der Waals surface area contributed by atoms with E-state index in [0.29, 0.717) is 31.5 Å². The molecule has 4 nitrogen and oxygen atoms in total. The van der Waals surface area contributed by atoms with Crippen LogP contribution in [0.5, 0.6) is 0 Å². The Bertz CT molecular complexity index is 931. The molecule has 2 aromatic rings. The number of hydrogen-bond donors (Lipinski definition) is 1. The smallest absolute Gasteiger partial charge is 0.399 e. The van der Waals surface area contributed by atoms with Crippen molar-refractivity contribution in [3.05, 3.63) is 70.8 Å². The van der Waals surface area contributed by atoms with Crippen molar-refractivity contribution in [2.45, 2.75) is 43.8 Å². The van der Waals surface area contributed by atoms with E-state index < -0.39 is 35.1 Å². The zero-order valence-electron chi connectivity index (χ0n) is 18.1. The Morgan fingerprint density at radius 3 is 2.09 bits per heavy atom. The summed E-state index contributed by atoms with van der Waals surface area (Å²) in [5, 5.41) is 7.32. The van der Waals surface area contributed by atoms with Crippen molar-refractivity contribution in [1.29, 1.82) is 0 Å². The maximum Gasteiger partial charge on any atom is 0.416 e. The van der Waals surface area contributed by atoms with Gasteiger partial charge in [-0.25, -0.2) is 0 Å². The molecule has 3 rings (SSSR count). The predicted molar refractivity (Wildman–Crippen MR) is 111 cm³/mol. The quantitative estimate of drug-likeness (QED) is 0.408. The summed E-state index contributed by atoms with van der Waals surface area (Å²) in [6.07, 6.45) is -9.69. The zero-order chi connectivity index (χ0) is 24.3. The highest BCUT2D eigenvalue weighted by molar-refractivity contribution is 5.87. The van der Waals surface area contributed by atoms with E-state index >= 15 is 0 Å². The van der Waals surface area contributed by atoms with Crippen LogP contribution >= 0.6 is 0 Å². The average molecular weight is 474 g/mol. The summed E-state index contributed by atoms with van der Waals surface area (Å²) in [5.74, 6) is 0. The number of ether oxygens (including phenoxy) is 1. The van der Waals surface area contributed by atoms with E-state index in [-0.39, 0.29) is 18.2 Å². The zero-order valence-corrected chi connectivity index (χ0v) is 18.1. The summed E-state index contributed by atoms with van der Waals surface area (Å²) in [5.41, 5.74) is -1.92. The molecule has 1 saturated heterocycles. The lowest BCUT2D eigenvalue weighted by Gasteiger charge is -2.39. The summed E-state index contributed by atoms with van der Waals surface area (Å²) >= 11 is 0. The molecule has 0 amide bonds. The van der Waals surface area contributed by atoms with E-state index in [0.717, 1.165) is 11.3 Å². The molecule has 2 atom stereocenters. The predicted octanol–water partition coefficient (Wildman–Crippen LogP) is 6.08. The SMILES string of the molecule is CO/N=C1/CCC(COC(C)c2cc(C(F)(F)F)cc(C(F)(F)F)c2)(c2ccccc2)NC1. The minimum Gasteiger partial charge on any atom is -0.399 e. The van der Waals surface area contributed by atoms with Gasteiger partial charge in [0.25, 0.3) is 0 Å². The van der Waals surface area contributed by atoms with Gasteiger partial charge in [0.05, 0.1) is 35.1 Å². The van der Waals surface area contributed by atoms with Crippen LogP contribution in [0.1, 0.15) is 48.1 Å². The number of oxime groups is 1. The number of alkyl halides is 6. The van der Waals surface area contributed by atoms with Gasteiger partial charge < -0.3 is 9.57 Å². The van der Waals surface area contributed by atoms with E-state index in [1.807, 2.05) is 30.3 Å². The third-order valence-corrected chi connectivity index (χ3v) is 5.68. The lowest BCUT2D eigenvalue weighted by atomic mass is 9.82. The number of hydrogen-bond acceptors (Lipinski definition) is 4. The molecule has 0 radical (unpaired) electrons. The summed E-state index contributed by atoms with van der Waals surface area (Å²) in [6, 6.07) is 10.9. The summed E-state index contributed by atoms with van der Waals surface area (Å²) < 4.78 is 85.2. The van der Waals surface area contributed by atoms with Crippen molar-refractivity contribution in [2.75, 3.05) is 20.3 Å². The van der Waals surface area contributed by atoms with Gasteiger partial charge in [0.1, 0.15) is 7.11 Å². The molecule has 33 heavy (non-hydrogen) atoms. The molecule has 2 unspecified atom stereocenters. The van der Waals surface area contributed by atoms with E-state index in [1.165, 1.54) is 14.0 Å². The van der Waals surface area contributed by atoms with E-state index in [1.54, 1.807) is 0 Å². The number of nitrogens with one attached hydrogen (secondary N) is 1. The lowest BCUT2D eigenvalue weighted by Crippen LogP contribution is -2.52. The number of piperidine rings is 1. The molecule has 0 bridgehead atoms. The normalized spacial score (nSPS) is 21.8. The molecule has 0 saturated carbocycles. The minimum absolute atomic E-state index is 0.0377. The summed E-state index contributed by atoms with van der Waals surface area (Å²) in [7, 11) is 1.45. The summed E-state index contributed by atoms with van der Waals surface area (Å²) in [4.78, 5) is 4.82. The van der Waals surface area contributed by atoms with Gasteiger partial charge in [0.15, 0.2) is 0 Å². The van der Waals surface area contributed by atoms with Gasteiger partial charge in [-0.2, -0.15) is 26.3 Å². The maximum atomic E-state index is 13.2. The first-order valence-corrected chi connectivity index (χ1v) is 10.2. The summed E-state index contributed by atoms with van der Waals surface area (Å²) in [6.45, 7) is 1.88. The van der Waals surface area contributed by atoms with E-state index in [4.69, 9.17) is 9.57 Å². The molecule has 180 valence electrons. The topological polar surface area (TPSA) is 42.9 Å². The first kappa shape index (κ1) is 25.0. The first-order valence-electron chi connectivity index (χ1n) is 10.2. The minimum atomic E-state index is -4.91. The van der Waals surface area contributed by atoms with Gasteiger partial charge in [-0.1, -0.05) is 35.5 Å². The second-order valence-electron chi connectivity index (χ2n) is 7.93. The van der Waals surface area contributed by atoms with Crippen molar-refractivity contribution < 1.29 is 35.9 Å². The molecule has 1 heterocycles. The number of benzene rings is 2. The number of nitrogens with zero attached hydrogens (tertiary/aromatic N) is 1. The van der Waals surface area contributed by atoms with Crippen LogP contribution in [-0.4, -0.2) is 26.0 Å². The van der Waals surface area contributed by atoms with E-state index in [9.17, 15) is 26.3 Å². The monoisotopic (exact) mass is 474 g/mol. The highest BCUT2D eigenvalue weighted by Gasteiger charge is 2.39. The van der Waals surface area contributed by atoms with Crippen LogP contribution in [0.2, 0.25) is 0 Å². The highest BCUT2D eigenvalue weighted by Crippen LogP contribution is 2.38. The molecule has 0 spiro atoms. The molecule has 10 heteroatoms. The van der Waals surface area contributed by atoms with E-state index in [2.05, 4.69) is 10.5 Å². The fraction of sp³-hybridized carbons (Fsp3) is 0.435. The molecule has 0 aromatic heterocycles. The molecule has 1 N–H and O–H groups in total. The van der Waals surface area contributed by atoms with Crippen LogP contribution in [-0.2, 0) is 27.5 Å². The molecule has 1 aliphatic rings. The number of halogens is 6. The van der Waals surface area contributed by atoms with Crippen molar-refractivity contribution in [2.24, 2.45) is 5.16 Å². The molecule has 2 aromatic carbocycles. The second kappa shape index (κ2) is 9.72. The van der Waals surface area contributed by atoms with Crippen LogP contribution in [0.15, 0.2) is 53.7 Å². The molecular formula is C23H24F6N2O2. The van der Waals surface area contributed by atoms with Gasteiger partial charge in [0.2, 0.25) is 0 Å². The third-order valence-electron chi connectivity index (χ3n) is 5.68. The Balaban J connectivity index is 1.87. The lowest BCUT2D eigenvalue weighted by molar-refractivity contribution is -0.143. The van der Waals surface area contributed by atoms with Gasteiger partial charge in [-0.3, -0.25) is 5.32 Å². The fourth-order valence-corrected chi connectivity index (χ4v) is 3.80. The standard InChI is InChI=1S/C23H24F6N2O2/c1-15(16-10-18(22(24,25)26)12-19(11-16)23(27,28)29)33-14-21(17-6-4-3-5-7-17)9-8-20(13-30-21)31-32-2/h3-7,10-12,15,30H,8-9,13-14H2,1-2H3/b31-20-. The first-order chi connectivity index (χ1) is 15.4. The Morgan fingerprint density at radius 1 is 1.00 bits per heavy atom. The van der Waals surface area contributed by atoms with Gasteiger partial charge in [-0.05, 0) is 49.1 Å². The molecule has 0 aliphatic carbocycles. The van der Waals surface area contributed by atoms with Crippen molar-refractivity contribution >= 4 is 5.71 Å². The Morgan fingerprint density at radius 2 is 1.61 bits per heavy atom. The highest BCUT2D eigenvalue weighted by atomic mass is 19.4. The Labute approximate surface area is 187 Å². The van der Waals surface area contributed by atoms with Crippen LogP contribution in [0, 0.1) is 0 Å². The van der Waals surface area contributed by atoms with Crippen molar-refractivity contribution in [3.63, 3.8) is 0 Å². The van der Waals surface area contributed by atoms with Gasteiger partial charge >= 0.3 is 12.4 Å². The number of rotatable bonds is 6. The van der Waals surface area contributed by atoms with Crippen LogP contribution in [0.4, 0.5) is 26.3 Å². The van der Waals surface area contributed by atoms with Crippen LogP contribution < -0.4 is 5.32 Å². The molecular weight excluding hydrogens is 450 g/mol. The second-order valence-corrected chi connectivity index (χ2v) is 7.93. The Hall–Kier alpha value is -2.59. The van der Waals surface area contributed by atoms with Gasteiger partial charge in [-0.15, -0.1) is 0 Å². The average Bonchev–Trinajstić information content (AvgIpc) is 2.78. The van der Waals surface area contributed by atoms with Crippen LogP contribution in [0.3, 0.4) is 0 Å². The van der Waals surface area contributed by atoms with Crippen molar-refractivity contribution in [1.82, 2.24) is 5.32 Å². The fourth-order valence-electron chi connectivity index (χ4n) is 3.80. The molecule has 1 fully saturated rings. The van der Waals surface area contributed by atoms with Crippen LogP contribution in [0.25, 0.3) is 0 Å².